The Morgan fingerprint density at radius 3 is 2.56 bits per heavy atom. The van der Waals surface area contributed by atoms with Crippen molar-refractivity contribution in [1.82, 2.24) is 5.48 Å². The molecule has 0 unspecified atom stereocenters. The third-order valence-electron chi connectivity index (χ3n) is 2.08. The fourth-order valence-corrected chi connectivity index (χ4v) is 2.23. The molecule has 3 nitrogen and oxygen atoms in total. The van der Waals surface area contributed by atoms with Crippen LogP contribution in [0, 0.1) is 6.92 Å². The van der Waals surface area contributed by atoms with E-state index in [1.165, 1.54) is 21.8 Å². The number of nitrogens with one attached hydrogen (secondary N) is 1. The Hall–Kier alpha value is -0.870. The van der Waals surface area contributed by atoms with Crippen LogP contribution in [0.5, 0.6) is 0 Å². The van der Waals surface area contributed by atoms with Crippen LogP contribution in [0.4, 0.5) is 0 Å². The van der Waals surface area contributed by atoms with Crippen molar-refractivity contribution in [3.05, 3.63) is 21.4 Å². The molecule has 1 rings (SSSR count). The molecule has 1 amide bonds. The van der Waals surface area contributed by atoms with E-state index in [2.05, 4.69) is 12.4 Å². The van der Waals surface area contributed by atoms with Gasteiger partial charge in [0.25, 0.3) is 5.91 Å². The average molecular weight is 241 g/mol. The lowest BCUT2D eigenvalue weighted by atomic mass is 10.2. The third kappa shape index (κ3) is 3.61. The predicted molar refractivity (Wildman–Crippen MR) is 66.7 cm³/mol. The van der Waals surface area contributed by atoms with E-state index >= 15 is 0 Å². The van der Waals surface area contributed by atoms with E-state index in [1.54, 1.807) is 0 Å². The van der Waals surface area contributed by atoms with Crippen molar-refractivity contribution in [1.29, 1.82) is 0 Å². The Labute approximate surface area is 101 Å². The molecule has 0 bridgehead atoms. The van der Waals surface area contributed by atoms with Crippen molar-refractivity contribution < 1.29 is 9.63 Å². The van der Waals surface area contributed by atoms with E-state index in [-0.39, 0.29) is 11.5 Å². The largest absolute Gasteiger partial charge is 0.284 e. The molecular formula is C12H19NO2S. The molecule has 4 heteroatoms. The van der Waals surface area contributed by atoms with Crippen LogP contribution in [0.15, 0.2) is 6.07 Å². The molecule has 0 saturated carbocycles. The first kappa shape index (κ1) is 13.2. The van der Waals surface area contributed by atoms with E-state index in [4.69, 9.17) is 4.84 Å². The van der Waals surface area contributed by atoms with Crippen molar-refractivity contribution >= 4 is 17.2 Å². The van der Waals surface area contributed by atoms with Gasteiger partial charge in [0.2, 0.25) is 0 Å². The van der Waals surface area contributed by atoms with Gasteiger partial charge in [-0.15, -0.1) is 11.3 Å². The number of hydrogen-bond donors (Lipinski definition) is 1. The number of hydroxylamine groups is 1. The van der Waals surface area contributed by atoms with Crippen molar-refractivity contribution in [2.75, 3.05) is 0 Å². The molecule has 1 aromatic heterocycles. The summed E-state index contributed by atoms with van der Waals surface area (Å²) >= 11 is 1.51. The molecule has 0 fully saturated rings. The van der Waals surface area contributed by atoms with Crippen LogP contribution in [0.3, 0.4) is 0 Å². The van der Waals surface area contributed by atoms with Gasteiger partial charge >= 0.3 is 0 Å². The monoisotopic (exact) mass is 241 g/mol. The van der Waals surface area contributed by atoms with Gasteiger partial charge in [0.15, 0.2) is 0 Å². The van der Waals surface area contributed by atoms with Crippen LogP contribution >= 0.6 is 11.3 Å². The van der Waals surface area contributed by atoms with E-state index in [0.717, 1.165) is 6.42 Å². The zero-order chi connectivity index (χ0) is 12.3. The van der Waals surface area contributed by atoms with Gasteiger partial charge in [0.1, 0.15) is 0 Å². The summed E-state index contributed by atoms with van der Waals surface area (Å²) in [5, 5.41) is 0. The number of aryl methyl sites for hydroxylation is 2. The Morgan fingerprint density at radius 1 is 1.50 bits per heavy atom. The number of carbonyl (C=O) groups excluding carboxylic acids is 1. The minimum Gasteiger partial charge on any atom is -0.268 e. The quantitative estimate of drug-likeness (QED) is 0.826. The standard InChI is InChI=1S/C12H19NO2S/c1-6-9-7-10(16-8(9)2)11(14)13-15-12(3,4)5/h7H,6H2,1-5H3,(H,13,14). The molecule has 90 valence electrons. The number of hydrogen-bond acceptors (Lipinski definition) is 3. The molecule has 16 heavy (non-hydrogen) atoms. The second kappa shape index (κ2) is 4.97. The summed E-state index contributed by atoms with van der Waals surface area (Å²) in [5.74, 6) is -0.164. The molecule has 0 radical (unpaired) electrons. The Balaban J connectivity index is 2.66. The molecule has 1 heterocycles. The molecule has 0 aliphatic rings. The van der Waals surface area contributed by atoms with Crippen molar-refractivity contribution in [3.63, 3.8) is 0 Å². The van der Waals surface area contributed by atoms with E-state index in [1.807, 2.05) is 33.8 Å². The zero-order valence-corrected chi connectivity index (χ0v) is 11.3. The van der Waals surface area contributed by atoms with Crippen LogP contribution < -0.4 is 5.48 Å². The molecule has 0 saturated heterocycles. The minimum atomic E-state index is -0.366. The van der Waals surface area contributed by atoms with Crippen molar-refractivity contribution in [2.24, 2.45) is 0 Å². The van der Waals surface area contributed by atoms with Crippen molar-refractivity contribution in [3.8, 4) is 0 Å². The van der Waals surface area contributed by atoms with Crippen LogP contribution in [-0.4, -0.2) is 11.5 Å². The van der Waals surface area contributed by atoms with Gasteiger partial charge in [0, 0.05) is 4.88 Å². The van der Waals surface area contributed by atoms with Gasteiger partial charge in [-0.1, -0.05) is 6.92 Å². The van der Waals surface area contributed by atoms with Gasteiger partial charge in [-0.2, -0.15) is 0 Å². The van der Waals surface area contributed by atoms with E-state index in [0.29, 0.717) is 4.88 Å². The zero-order valence-electron chi connectivity index (χ0n) is 10.5. The third-order valence-corrected chi connectivity index (χ3v) is 3.17. The van der Waals surface area contributed by atoms with Crippen LogP contribution in [0.25, 0.3) is 0 Å². The maximum absolute atomic E-state index is 11.7. The highest BCUT2D eigenvalue weighted by atomic mass is 32.1. The van der Waals surface area contributed by atoms with E-state index in [9.17, 15) is 4.79 Å². The highest BCUT2D eigenvalue weighted by Gasteiger charge is 2.16. The summed E-state index contributed by atoms with van der Waals surface area (Å²) in [6.07, 6.45) is 0.954. The Kier molecular flexibility index (Phi) is 4.10. The summed E-state index contributed by atoms with van der Waals surface area (Å²) in [6.45, 7) is 9.80. The Morgan fingerprint density at radius 2 is 2.12 bits per heavy atom. The normalized spacial score (nSPS) is 11.6. The lowest BCUT2D eigenvalue weighted by Crippen LogP contribution is -2.33. The molecule has 1 aromatic rings. The highest BCUT2D eigenvalue weighted by Crippen LogP contribution is 2.22. The maximum Gasteiger partial charge on any atom is 0.284 e. The molecule has 0 aromatic carbocycles. The highest BCUT2D eigenvalue weighted by molar-refractivity contribution is 7.14. The summed E-state index contributed by atoms with van der Waals surface area (Å²) < 4.78 is 0. The van der Waals surface area contributed by atoms with Gasteiger partial charge in [-0.25, -0.2) is 5.48 Å². The SMILES string of the molecule is CCc1cc(C(=O)NOC(C)(C)C)sc1C. The molecule has 0 atom stereocenters. The van der Waals surface area contributed by atoms with Gasteiger partial charge in [-0.05, 0) is 45.7 Å². The first-order valence-electron chi connectivity index (χ1n) is 5.41. The van der Waals surface area contributed by atoms with Gasteiger partial charge in [0.05, 0.1) is 10.5 Å². The maximum atomic E-state index is 11.7. The smallest absolute Gasteiger partial charge is 0.268 e. The molecule has 0 aliphatic heterocycles. The minimum absolute atomic E-state index is 0.164. The lowest BCUT2D eigenvalue weighted by Gasteiger charge is -2.18. The average Bonchev–Trinajstić information content (AvgIpc) is 2.55. The fraction of sp³-hybridized carbons (Fsp3) is 0.583. The summed E-state index contributed by atoms with van der Waals surface area (Å²) in [5.41, 5.74) is 3.34. The fourth-order valence-electron chi connectivity index (χ4n) is 1.23. The molecule has 0 aliphatic carbocycles. The second-order valence-corrected chi connectivity index (χ2v) is 5.95. The number of thiophene rings is 1. The van der Waals surface area contributed by atoms with Crippen LogP contribution in [0.1, 0.15) is 47.8 Å². The second-order valence-electron chi connectivity index (χ2n) is 4.69. The van der Waals surface area contributed by atoms with E-state index < -0.39 is 0 Å². The summed E-state index contributed by atoms with van der Waals surface area (Å²) in [4.78, 5) is 18.9. The molecule has 1 N–H and O–H groups in total. The van der Waals surface area contributed by atoms with Gasteiger partial charge in [-0.3, -0.25) is 9.63 Å². The number of amides is 1. The topological polar surface area (TPSA) is 38.3 Å². The van der Waals surface area contributed by atoms with Crippen LogP contribution in [0.2, 0.25) is 0 Å². The first-order valence-corrected chi connectivity index (χ1v) is 6.23. The summed E-state index contributed by atoms with van der Waals surface area (Å²) in [6, 6.07) is 1.93. The van der Waals surface area contributed by atoms with Crippen LogP contribution in [-0.2, 0) is 11.3 Å². The predicted octanol–water partition coefficient (Wildman–Crippen LogP) is 3.08. The summed E-state index contributed by atoms with van der Waals surface area (Å²) in [7, 11) is 0. The first-order chi connectivity index (χ1) is 7.33. The van der Waals surface area contributed by atoms with Gasteiger partial charge < -0.3 is 0 Å². The molecule has 0 spiro atoms. The van der Waals surface area contributed by atoms with Crippen molar-refractivity contribution in [2.45, 2.75) is 46.6 Å². The number of carbonyl (C=O) groups is 1. The molecular weight excluding hydrogens is 222 g/mol. The Bertz CT molecular complexity index is 377. The number of rotatable bonds is 3. The lowest BCUT2D eigenvalue weighted by molar-refractivity contribution is -0.0588.